The molecule has 1 aliphatic rings. The zero-order valence-electron chi connectivity index (χ0n) is 14.1. The number of carbonyl (C=O) groups is 2. The minimum atomic E-state index is -1.22. The first-order chi connectivity index (χ1) is 12.5. The summed E-state index contributed by atoms with van der Waals surface area (Å²) < 4.78 is 13.2. The highest BCUT2D eigenvalue weighted by atomic mass is 19.1. The quantitative estimate of drug-likeness (QED) is 0.738. The molecule has 4 rings (SSSR count). The van der Waals surface area contributed by atoms with Crippen LogP contribution in [0, 0.1) is 5.82 Å². The van der Waals surface area contributed by atoms with Crippen LogP contribution in [0.1, 0.15) is 18.1 Å². The summed E-state index contributed by atoms with van der Waals surface area (Å²) in [7, 11) is 0. The van der Waals surface area contributed by atoms with E-state index in [1.165, 1.54) is 29.2 Å². The molecular formula is C20H16FN3O2. The van der Waals surface area contributed by atoms with Crippen LogP contribution in [0.3, 0.4) is 0 Å². The van der Waals surface area contributed by atoms with E-state index >= 15 is 0 Å². The SMILES string of the molecule is CC1(c2ccc(F)cc2)NC(=O)N(Cc2cccc3cccnc23)C1=O. The van der Waals surface area contributed by atoms with Gasteiger partial charge < -0.3 is 5.32 Å². The van der Waals surface area contributed by atoms with Crippen molar-refractivity contribution in [1.82, 2.24) is 15.2 Å². The standard InChI is InChI=1S/C20H16FN3O2/c1-20(15-7-9-16(21)10-8-15)18(25)24(19(26)23-20)12-14-5-2-4-13-6-3-11-22-17(13)14/h2-11H,12H2,1H3,(H,23,26). The number of halogens is 1. The van der Waals surface area contributed by atoms with Crippen LogP contribution in [-0.4, -0.2) is 21.8 Å². The number of imide groups is 1. The first kappa shape index (κ1) is 16.2. The van der Waals surface area contributed by atoms with E-state index in [1.54, 1.807) is 13.1 Å². The number of urea groups is 1. The van der Waals surface area contributed by atoms with Crippen molar-refractivity contribution >= 4 is 22.8 Å². The molecule has 0 aliphatic carbocycles. The molecule has 1 aromatic heterocycles. The zero-order chi connectivity index (χ0) is 18.3. The minimum Gasteiger partial charge on any atom is -0.319 e. The predicted octanol–water partition coefficient (Wildman–Crippen LogP) is 3.34. The van der Waals surface area contributed by atoms with Crippen LogP contribution in [0.25, 0.3) is 10.9 Å². The first-order valence-corrected chi connectivity index (χ1v) is 8.22. The molecule has 6 heteroatoms. The van der Waals surface area contributed by atoms with Gasteiger partial charge in [0.25, 0.3) is 5.91 Å². The van der Waals surface area contributed by atoms with Crippen molar-refractivity contribution in [3.63, 3.8) is 0 Å². The second kappa shape index (κ2) is 5.91. The predicted molar refractivity (Wildman–Crippen MR) is 94.6 cm³/mol. The van der Waals surface area contributed by atoms with Crippen LogP contribution < -0.4 is 5.32 Å². The van der Waals surface area contributed by atoms with Gasteiger partial charge in [0, 0.05) is 11.6 Å². The highest BCUT2D eigenvalue weighted by Gasteiger charge is 2.48. The summed E-state index contributed by atoms with van der Waals surface area (Å²) in [4.78, 5) is 31.0. The Kier molecular flexibility index (Phi) is 3.68. The largest absolute Gasteiger partial charge is 0.325 e. The average molecular weight is 349 g/mol. The van der Waals surface area contributed by atoms with E-state index in [2.05, 4.69) is 10.3 Å². The van der Waals surface area contributed by atoms with Crippen LogP contribution in [0.4, 0.5) is 9.18 Å². The molecule has 3 amide bonds. The number of fused-ring (bicyclic) bond motifs is 1. The van der Waals surface area contributed by atoms with E-state index in [0.29, 0.717) is 5.56 Å². The van der Waals surface area contributed by atoms with Crippen molar-refractivity contribution in [3.8, 4) is 0 Å². The van der Waals surface area contributed by atoms with Gasteiger partial charge in [-0.05, 0) is 36.2 Å². The Hall–Kier alpha value is -3.28. The number of rotatable bonds is 3. The topological polar surface area (TPSA) is 62.3 Å². The Bertz CT molecular complexity index is 1010. The van der Waals surface area contributed by atoms with E-state index in [-0.39, 0.29) is 12.5 Å². The number of nitrogens with zero attached hydrogens (tertiary/aromatic N) is 2. The molecule has 2 aromatic carbocycles. The van der Waals surface area contributed by atoms with Crippen molar-refractivity contribution in [3.05, 3.63) is 77.7 Å². The zero-order valence-corrected chi connectivity index (χ0v) is 14.1. The summed E-state index contributed by atoms with van der Waals surface area (Å²) in [6.45, 7) is 1.75. The molecule has 1 N–H and O–H groups in total. The lowest BCUT2D eigenvalue weighted by molar-refractivity contribution is -0.131. The molecule has 0 bridgehead atoms. The number of nitrogens with one attached hydrogen (secondary N) is 1. The van der Waals surface area contributed by atoms with Gasteiger partial charge in [-0.2, -0.15) is 0 Å². The van der Waals surface area contributed by atoms with Gasteiger partial charge in [-0.25, -0.2) is 9.18 Å². The normalized spacial score (nSPS) is 19.8. The van der Waals surface area contributed by atoms with Gasteiger partial charge in [0.2, 0.25) is 0 Å². The smallest absolute Gasteiger partial charge is 0.319 e. The summed E-state index contributed by atoms with van der Waals surface area (Å²) >= 11 is 0. The van der Waals surface area contributed by atoms with E-state index in [1.807, 2.05) is 30.3 Å². The summed E-state index contributed by atoms with van der Waals surface area (Å²) in [6, 6.07) is 14.5. The van der Waals surface area contributed by atoms with E-state index in [9.17, 15) is 14.0 Å². The average Bonchev–Trinajstić information content (AvgIpc) is 2.86. The van der Waals surface area contributed by atoms with E-state index in [4.69, 9.17) is 0 Å². The maximum Gasteiger partial charge on any atom is 0.325 e. The summed E-state index contributed by atoms with van der Waals surface area (Å²) in [6.07, 6.45) is 1.68. The van der Waals surface area contributed by atoms with Crippen LogP contribution in [-0.2, 0) is 16.9 Å². The molecular weight excluding hydrogens is 333 g/mol. The number of hydrogen-bond donors (Lipinski definition) is 1. The van der Waals surface area contributed by atoms with Gasteiger partial charge >= 0.3 is 6.03 Å². The van der Waals surface area contributed by atoms with Gasteiger partial charge in [-0.1, -0.05) is 36.4 Å². The van der Waals surface area contributed by atoms with Gasteiger partial charge in [0.1, 0.15) is 11.4 Å². The Morgan fingerprint density at radius 1 is 1.08 bits per heavy atom. The second-order valence-corrected chi connectivity index (χ2v) is 6.45. The van der Waals surface area contributed by atoms with Crippen LogP contribution in [0.5, 0.6) is 0 Å². The van der Waals surface area contributed by atoms with Crippen molar-refractivity contribution in [1.29, 1.82) is 0 Å². The Balaban J connectivity index is 1.68. The number of para-hydroxylation sites is 1. The number of benzene rings is 2. The maximum absolute atomic E-state index is 13.2. The molecule has 5 nitrogen and oxygen atoms in total. The summed E-state index contributed by atoms with van der Waals surface area (Å²) in [5, 5.41) is 3.67. The number of aromatic nitrogens is 1. The highest BCUT2D eigenvalue weighted by Crippen LogP contribution is 2.30. The van der Waals surface area contributed by atoms with Crippen molar-refractivity contribution < 1.29 is 14.0 Å². The first-order valence-electron chi connectivity index (χ1n) is 8.22. The van der Waals surface area contributed by atoms with Gasteiger partial charge in [-0.15, -0.1) is 0 Å². The Morgan fingerprint density at radius 2 is 1.81 bits per heavy atom. The molecule has 0 radical (unpaired) electrons. The molecule has 2 heterocycles. The molecule has 1 aliphatic heterocycles. The third-order valence-electron chi connectivity index (χ3n) is 4.74. The summed E-state index contributed by atoms with van der Waals surface area (Å²) in [5.41, 5.74) is 0.861. The van der Waals surface area contributed by atoms with Crippen LogP contribution in [0.15, 0.2) is 60.8 Å². The molecule has 1 fully saturated rings. The fourth-order valence-corrected chi connectivity index (χ4v) is 3.28. The van der Waals surface area contributed by atoms with Crippen LogP contribution >= 0.6 is 0 Å². The molecule has 3 aromatic rings. The van der Waals surface area contributed by atoms with Gasteiger partial charge in [-0.3, -0.25) is 14.7 Å². The number of carbonyl (C=O) groups excluding carboxylic acids is 2. The van der Waals surface area contributed by atoms with E-state index in [0.717, 1.165) is 16.5 Å². The fraction of sp³-hybridized carbons (Fsp3) is 0.150. The molecule has 130 valence electrons. The van der Waals surface area contributed by atoms with Gasteiger partial charge in [0.15, 0.2) is 0 Å². The lowest BCUT2D eigenvalue weighted by atomic mass is 9.92. The minimum absolute atomic E-state index is 0.121. The molecule has 0 saturated carbocycles. The van der Waals surface area contributed by atoms with Gasteiger partial charge in [0.05, 0.1) is 12.1 Å². The molecule has 26 heavy (non-hydrogen) atoms. The monoisotopic (exact) mass is 349 g/mol. The highest BCUT2D eigenvalue weighted by molar-refractivity contribution is 6.07. The lowest BCUT2D eigenvalue weighted by Gasteiger charge is -2.22. The van der Waals surface area contributed by atoms with E-state index < -0.39 is 17.4 Å². The second-order valence-electron chi connectivity index (χ2n) is 6.45. The number of amides is 3. The van der Waals surface area contributed by atoms with Crippen molar-refractivity contribution in [2.75, 3.05) is 0 Å². The number of hydrogen-bond acceptors (Lipinski definition) is 3. The molecule has 1 unspecified atom stereocenters. The molecule has 1 atom stereocenters. The van der Waals surface area contributed by atoms with Crippen molar-refractivity contribution in [2.24, 2.45) is 0 Å². The Labute approximate surface area is 149 Å². The molecule has 1 saturated heterocycles. The molecule has 0 spiro atoms. The maximum atomic E-state index is 13.2. The lowest BCUT2D eigenvalue weighted by Crippen LogP contribution is -2.40. The van der Waals surface area contributed by atoms with Crippen LogP contribution in [0.2, 0.25) is 0 Å². The summed E-state index contributed by atoms with van der Waals surface area (Å²) in [5.74, 6) is -0.769. The van der Waals surface area contributed by atoms with Crippen molar-refractivity contribution in [2.45, 2.75) is 19.0 Å². The third kappa shape index (κ3) is 2.50. The third-order valence-corrected chi connectivity index (χ3v) is 4.74. The number of pyridine rings is 1. The Morgan fingerprint density at radius 3 is 2.58 bits per heavy atom. The fourth-order valence-electron chi connectivity index (χ4n) is 3.28.